The highest BCUT2D eigenvalue weighted by Crippen LogP contribution is 2.34. The molecule has 2 rings (SSSR count). The van der Waals surface area contributed by atoms with E-state index in [-0.39, 0.29) is 0 Å². The lowest BCUT2D eigenvalue weighted by atomic mass is 9.80. The summed E-state index contributed by atoms with van der Waals surface area (Å²) in [5, 5.41) is 3.97. The van der Waals surface area contributed by atoms with E-state index in [4.69, 9.17) is 0 Å². The highest BCUT2D eigenvalue weighted by Gasteiger charge is 2.27. The molecule has 0 aromatic heterocycles. The Morgan fingerprint density at radius 1 is 1.04 bits per heavy atom. The predicted molar refractivity (Wildman–Crippen MR) is 121 cm³/mol. The van der Waals surface area contributed by atoms with E-state index in [0.717, 1.165) is 5.92 Å². The molecule has 1 aromatic rings. The van der Waals surface area contributed by atoms with E-state index in [1.165, 1.54) is 69.9 Å². The van der Waals surface area contributed by atoms with Crippen molar-refractivity contribution in [1.82, 2.24) is 0 Å². The van der Waals surface area contributed by atoms with Gasteiger partial charge in [-0.25, -0.2) is 0 Å². The molecule has 1 aliphatic rings. The first kappa shape index (κ1) is 21.3. The SMILES string of the molecule is CCCCCC/C(=C\[Si](C)(C)C)C(Nc1ccccc1)C1CCCCC1. The molecule has 0 saturated heterocycles. The molecular formula is C24H41NSi. The van der Waals surface area contributed by atoms with Crippen molar-refractivity contribution in [3.63, 3.8) is 0 Å². The molecule has 0 spiro atoms. The second-order valence-corrected chi connectivity index (χ2v) is 14.3. The average Bonchev–Trinajstić information content (AvgIpc) is 2.63. The summed E-state index contributed by atoms with van der Waals surface area (Å²) in [4.78, 5) is 0. The third-order valence-electron chi connectivity index (χ3n) is 5.55. The van der Waals surface area contributed by atoms with E-state index < -0.39 is 8.07 Å². The van der Waals surface area contributed by atoms with E-state index in [9.17, 15) is 0 Å². The minimum Gasteiger partial charge on any atom is -0.378 e. The molecular weight excluding hydrogens is 330 g/mol. The molecule has 146 valence electrons. The highest BCUT2D eigenvalue weighted by molar-refractivity contribution is 6.81. The van der Waals surface area contributed by atoms with Crippen LogP contribution in [-0.2, 0) is 0 Å². The molecule has 2 heteroatoms. The summed E-state index contributed by atoms with van der Waals surface area (Å²) < 4.78 is 0. The van der Waals surface area contributed by atoms with Crippen LogP contribution in [0.5, 0.6) is 0 Å². The maximum absolute atomic E-state index is 3.97. The monoisotopic (exact) mass is 371 g/mol. The third-order valence-corrected chi connectivity index (χ3v) is 6.79. The lowest BCUT2D eigenvalue weighted by molar-refractivity contribution is 0.332. The van der Waals surface area contributed by atoms with Crippen LogP contribution < -0.4 is 5.32 Å². The standard InChI is InChI=1S/C24H41NSi/c1-5-6-7-10-17-22(20-26(2,3)4)24(21-15-11-8-12-16-21)25-23-18-13-9-14-19-23/h9,13-14,18-21,24-25H,5-8,10-12,15-17H2,1-4H3/b22-20+. The number of hydrogen-bond acceptors (Lipinski definition) is 1. The Labute approximate surface area is 163 Å². The van der Waals surface area contributed by atoms with Crippen molar-refractivity contribution in [2.75, 3.05) is 5.32 Å². The maximum atomic E-state index is 3.97. The smallest absolute Gasteiger partial charge is 0.0687 e. The van der Waals surface area contributed by atoms with Gasteiger partial charge < -0.3 is 5.32 Å². The fourth-order valence-corrected chi connectivity index (χ4v) is 5.76. The van der Waals surface area contributed by atoms with Crippen molar-refractivity contribution < 1.29 is 0 Å². The van der Waals surface area contributed by atoms with Crippen LogP contribution in [0.3, 0.4) is 0 Å². The second kappa shape index (κ2) is 11.0. The largest absolute Gasteiger partial charge is 0.378 e. The van der Waals surface area contributed by atoms with E-state index in [2.05, 4.69) is 67.9 Å². The minimum atomic E-state index is -1.23. The average molecular weight is 372 g/mol. The van der Waals surface area contributed by atoms with Gasteiger partial charge in [-0.05, 0) is 43.7 Å². The van der Waals surface area contributed by atoms with Gasteiger partial charge in [0.15, 0.2) is 0 Å². The molecule has 0 amide bonds. The van der Waals surface area contributed by atoms with Crippen LogP contribution in [0.4, 0.5) is 5.69 Å². The molecule has 26 heavy (non-hydrogen) atoms. The molecule has 1 fully saturated rings. The number of hydrogen-bond donors (Lipinski definition) is 1. The van der Waals surface area contributed by atoms with Crippen molar-refractivity contribution in [1.29, 1.82) is 0 Å². The van der Waals surface area contributed by atoms with E-state index >= 15 is 0 Å². The van der Waals surface area contributed by atoms with Gasteiger partial charge in [0.1, 0.15) is 0 Å². The van der Waals surface area contributed by atoms with Gasteiger partial charge in [0.05, 0.1) is 8.07 Å². The van der Waals surface area contributed by atoms with Gasteiger partial charge in [-0.2, -0.15) is 0 Å². The molecule has 0 bridgehead atoms. The molecule has 1 N–H and O–H groups in total. The van der Waals surface area contributed by atoms with Crippen molar-refractivity contribution in [2.45, 2.75) is 96.8 Å². The van der Waals surface area contributed by atoms with E-state index in [0.29, 0.717) is 6.04 Å². The molecule has 1 unspecified atom stereocenters. The van der Waals surface area contributed by atoms with Crippen LogP contribution in [0.1, 0.15) is 71.1 Å². The fourth-order valence-electron chi connectivity index (χ4n) is 4.32. The Kier molecular flexibility index (Phi) is 8.97. The second-order valence-electron chi connectivity index (χ2n) is 9.28. The zero-order chi connectivity index (χ0) is 18.8. The molecule has 1 aliphatic carbocycles. The molecule has 1 nitrogen and oxygen atoms in total. The summed E-state index contributed by atoms with van der Waals surface area (Å²) in [5.41, 5.74) is 5.72. The first-order chi connectivity index (χ1) is 12.5. The molecule has 0 radical (unpaired) electrons. The zero-order valence-corrected chi connectivity index (χ0v) is 18.7. The minimum absolute atomic E-state index is 0.533. The first-order valence-electron chi connectivity index (χ1n) is 11.0. The number of para-hydroxylation sites is 1. The summed E-state index contributed by atoms with van der Waals surface area (Å²) in [6.45, 7) is 9.76. The first-order valence-corrected chi connectivity index (χ1v) is 14.6. The van der Waals surface area contributed by atoms with Crippen LogP contribution in [0.15, 0.2) is 41.6 Å². The number of rotatable bonds is 10. The zero-order valence-electron chi connectivity index (χ0n) is 17.7. The molecule has 0 heterocycles. The van der Waals surface area contributed by atoms with Crippen LogP contribution in [0, 0.1) is 5.92 Å². The van der Waals surface area contributed by atoms with Crippen LogP contribution >= 0.6 is 0 Å². The van der Waals surface area contributed by atoms with Gasteiger partial charge in [-0.1, -0.05) is 94.6 Å². The van der Waals surface area contributed by atoms with Gasteiger partial charge in [-0.15, -0.1) is 0 Å². The Morgan fingerprint density at radius 3 is 2.35 bits per heavy atom. The number of unbranched alkanes of at least 4 members (excludes halogenated alkanes) is 3. The predicted octanol–water partition coefficient (Wildman–Crippen LogP) is 7.82. The fraction of sp³-hybridized carbons (Fsp3) is 0.667. The maximum Gasteiger partial charge on any atom is 0.0687 e. The summed E-state index contributed by atoms with van der Waals surface area (Å²) in [5.74, 6) is 0.803. The van der Waals surface area contributed by atoms with Crippen molar-refractivity contribution in [3.8, 4) is 0 Å². The number of anilines is 1. The molecule has 1 atom stereocenters. The summed E-state index contributed by atoms with van der Waals surface area (Å²) in [7, 11) is -1.23. The third kappa shape index (κ3) is 7.69. The van der Waals surface area contributed by atoms with Gasteiger partial charge >= 0.3 is 0 Å². The van der Waals surface area contributed by atoms with Crippen molar-refractivity contribution in [2.24, 2.45) is 5.92 Å². The Hall–Kier alpha value is -1.02. The van der Waals surface area contributed by atoms with Gasteiger partial charge in [0, 0.05) is 11.7 Å². The van der Waals surface area contributed by atoms with E-state index in [1.54, 1.807) is 5.57 Å². The van der Waals surface area contributed by atoms with Crippen molar-refractivity contribution >= 4 is 13.8 Å². The van der Waals surface area contributed by atoms with Crippen LogP contribution in [0.25, 0.3) is 0 Å². The Bertz CT molecular complexity index is 523. The van der Waals surface area contributed by atoms with E-state index in [1.807, 2.05) is 0 Å². The molecule has 1 saturated carbocycles. The normalized spacial score (nSPS) is 17.9. The number of benzene rings is 1. The lowest BCUT2D eigenvalue weighted by Gasteiger charge is -2.35. The van der Waals surface area contributed by atoms with Gasteiger partial charge in [0.25, 0.3) is 0 Å². The number of nitrogens with one attached hydrogen (secondary N) is 1. The quantitative estimate of drug-likeness (QED) is 0.326. The summed E-state index contributed by atoms with van der Waals surface area (Å²) >= 11 is 0. The lowest BCUT2D eigenvalue weighted by Crippen LogP contribution is -2.34. The Morgan fingerprint density at radius 2 is 1.73 bits per heavy atom. The van der Waals surface area contributed by atoms with Crippen LogP contribution in [-0.4, -0.2) is 14.1 Å². The Balaban J connectivity index is 2.21. The van der Waals surface area contributed by atoms with Crippen LogP contribution in [0.2, 0.25) is 19.6 Å². The van der Waals surface area contributed by atoms with Gasteiger partial charge in [-0.3, -0.25) is 0 Å². The van der Waals surface area contributed by atoms with Gasteiger partial charge in [0.2, 0.25) is 0 Å². The van der Waals surface area contributed by atoms with Crippen molar-refractivity contribution in [3.05, 3.63) is 41.6 Å². The highest BCUT2D eigenvalue weighted by atomic mass is 28.3. The topological polar surface area (TPSA) is 12.0 Å². The summed E-state index contributed by atoms with van der Waals surface area (Å²) in [6, 6.07) is 11.4. The summed E-state index contributed by atoms with van der Waals surface area (Å²) in [6.07, 6.45) is 13.7. The molecule has 1 aromatic carbocycles. The molecule has 0 aliphatic heterocycles.